The zero-order valence-electron chi connectivity index (χ0n) is 30.5. The molecule has 0 saturated heterocycles. The Hall–Kier alpha value is -1.10. The van der Waals surface area contributed by atoms with Gasteiger partial charge >= 0.3 is 5.97 Å². The largest absolute Gasteiger partial charge is 0.461 e. The molecule has 5 heteroatoms. The van der Waals surface area contributed by atoms with Crippen LogP contribution in [0.3, 0.4) is 0 Å². The highest BCUT2D eigenvalue weighted by atomic mass is 16.5. The lowest BCUT2D eigenvalue weighted by Gasteiger charge is -2.37. The molecule has 260 valence electrons. The summed E-state index contributed by atoms with van der Waals surface area (Å²) in [4.78, 5) is 30.1. The fourth-order valence-corrected chi connectivity index (χ4v) is 6.99. The predicted octanol–water partition coefficient (Wildman–Crippen LogP) is 10.6. The van der Waals surface area contributed by atoms with E-state index in [0.717, 1.165) is 38.6 Å². The topological polar surface area (TPSA) is 49.9 Å². The second kappa shape index (κ2) is 27.1. The van der Waals surface area contributed by atoms with E-state index in [4.69, 9.17) is 4.74 Å². The van der Waals surface area contributed by atoms with Gasteiger partial charge in [-0.3, -0.25) is 9.59 Å². The van der Waals surface area contributed by atoms with Gasteiger partial charge in [0, 0.05) is 13.0 Å². The fraction of sp³-hybridized carbons (Fsp3) is 0.949. The summed E-state index contributed by atoms with van der Waals surface area (Å²) in [5.74, 6) is 1.42. The summed E-state index contributed by atoms with van der Waals surface area (Å²) in [7, 11) is 4.10. The Kier molecular flexibility index (Phi) is 25.2. The number of carbonyl (C=O) groups is 2. The summed E-state index contributed by atoms with van der Waals surface area (Å²) in [6.07, 6.45) is 30.4. The van der Waals surface area contributed by atoms with Crippen molar-refractivity contribution in [1.29, 1.82) is 0 Å². The Labute approximate surface area is 275 Å². The lowest BCUT2D eigenvalue weighted by Crippen LogP contribution is -2.41. The Balaban J connectivity index is 2.17. The third-order valence-electron chi connectivity index (χ3n) is 9.94. The number of hydrogen-bond donors (Lipinski definition) is 0. The Bertz CT molecular complexity index is 695. The highest BCUT2D eigenvalue weighted by molar-refractivity contribution is 5.82. The van der Waals surface area contributed by atoms with Gasteiger partial charge in [-0.05, 0) is 64.1 Å². The number of carbonyl (C=O) groups excluding carboxylic acids is 2. The molecule has 0 aliphatic heterocycles. The molecule has 0 N–H and O–H groups in total. The van der Waals surface area contributed by atoms with Gasteiger partial charge in [-0.1, -0.05) is 150 Å². The number of nitrogens with zero attached hydrogens (tertiary/aromatic N) is 2. The second-order valence-corrected chi connectivity index (χ2v) is 14.9. The first-order chi connectivity index (χ1) is 21.2. The Morgan fingerprint density at radius 1 is 0.682 bits per heavy atom. The molecule has 0 unspecified atom stereocenters. The molecule has 5 nitrogen and oxygen atoms in total. The maximum absolute atomic E-state index is 13.2. The van der Waals surface area contributed by atoms with Gasteiger partial charge in [-0.2, -0.15) is 0 Å². The van der Waals surface area contributed by atoms with Crippen LogP contribution in [0.2, 0.25) is 0 Å². The maximum atomic E-state index is 13.2. The van der Waals surface area contributed by atoms with Gasteiger partial charge in [0.1, 0.15) is 12.6 Å². The summed E-state index contributed by atoms with van der Waals surface area (Å²) >= 11 is 0. The average Bonchev–Trinajstić information content (AvgIpc) is 2.97. The van der Waals surface area contributed by atoms with E-state index < -0.39 is 0 Å². The minimum Gasteiger partial charge on any atom is -0.461 e. The molecule has 1 saturated carbocycles. The number of esters is 1. The van der Waals surface area contributed by atoms with Crippen LogP contribution in [0.4, 0.5) is 0 Å². The van der Waals surface area contributed by atoms with Gasteiger partial charge in [0.05, 0.1) is 0 Å². The third kappa shape index (κ3) is 21.6. The first-order valence-electron chi connectivity index (χ1n) is 19.4. The number of hydrogen-bond acceptors (Lipinski definition) is 4. The van der Waals surface area contributed by atoms with Crippen molar-refractivity contribution in [3.63, 3.8) is 0 Å². The molecule has 0 radical (unpaired) electrons. The smallest absolute Gasteiger partial charge is 0.325 e. The first kappa shape index (κ1) is 40.9. The molecule has 0 aromatic rings. The van der Waals surface area contributed by atoms with Crippen molar-refractivity contribution < 1.29 is 14.3 Å². The highest BCUT2D eigenvalue weighted by Crippen LogP contribution is 2.35. The number of amides is 1. The van der Waals surface area contributed by atoms with Gasteiger partial charge in [0.25, 0.3) is 0 Å². The van der Waals surface area contributed by atoms with Gasteiger partial charge in [0.2, 0.25) is 5.91 Å². The normalized spacial score (nSPS) is 18.7. The van der Waals surface area contributed by atoms with E-state index in [1.54, 1.807) is 4.90 Å². The van der Waals surface area contributed by atoms with E-state index in [-0.39, 0.29) is 24.5 Å². The number of unbranched alkanes of at least 4 members (excludes halogenated alkanes) is 18. The zero-order valence-corrected chi connectivity index (χ0v) is 30.5. The molecule has 0 heterocycles. The standard InChI is InChI=1S/C39H76N2O3/c1-7-8-9-10-11-12-13-14-15-16-17-18-19-20-21-22-23-24-25-27-38(42)41(31-26-30-40(5)6)33-39(43)44-37-32-35(4)28-29-36(37)34(2)3/h34-37H,7-33H2,1-6H3/t35-,36+,37-/m0/s1. The van der Waals surface area contributed by atoms with Gasteiger partial charge in [-0.25, -0.2) is 0 Å². The minimum absolute atomic E-state index is 0.00954. The molecule has 0 bridgehead atoms. The first-order valence-corrected chi connectivity index (χ1v) is 19.4. The Morgan fingerprint density at radius 2 is 1.16 bits per heavy atom. The molecule has 44 heavy (non-hydrogen) atoms. The molecule has 0 aromatic heterocycles. The van der Waals surface area contributed by atoms with Crippen LogP contribution in [-0.2, 0) is 14.3 Å². The molecule has 0 aromatic carbocycles. The van der Waals surface area contributed by atoms with E-state index in [2.05, 4.69) is 46.7 Å². The molecule has 0 spiro atoms. The molecule has 1 aliphatic rings. The molecule has 1 fully saturated rings. The van der Waals surface area contributed by atoms with E-state index >= 15 is 0 Å². The maximum Gasteiger partial charge on any atom is 0.325 e. The van der Waals surface area contributed by atoms with Crippen molar-refractivity contribution in [2.24, 2.45) is 17.8 Å². The molecule has 1 aliphatic carbocycles. The van der Waals surface area contributed by atoms with Crippen molar-refractivity contribution in [2.75, 3.05) is 33.7 Å². The van der Waals surface area contributed by atoms with E-state index in [1.807, 2.05) is 0 Å². The monoisotopic (exact) mass is 621 g/mol. The summed E-state index contributed by atoms with van der Waals surface area (Å²) in [5, 5.41) is 0. The van der Waals surface area contributed by atoms with Crippen LogP contribution in [0, 0.1) is 17.8 Å². The lowest BCUT2D eigenvalue weighted by molar-refractivity contribution is -0.159. The van der Waals surface area contributed by atoms with Crippen molar-refractivity contribution in [2.45, 2.75) is 188 Å². The van der Waals surface area contributed by atoms with E-state index in [0.29, 0.717) is 30.7 Å². The molecule has 1 amide bonds. The van der Waals surface area contributed by atoms with Crippen LogP contribution >= 0.6 is 0 Å². The summed E-state index contributed by atoms with van der Waals surface area (Å²) in [6.45, 7) is 10.7. The van der Waals surface area contributed by atoms with Crippen molar-refractivity contribution in [3.8, 4) is 0 Å². The summed E-state index contributed by atoms with van der Waals surface area (Å²) < 4.78 is 6.05. The van der Waals surface area contributed by atoms with Gasteiger partial charge < -0.3 is 14.5 Å². The van der Waals surface area contributed by atoms with Gasteiger partial charge in [-0.15, -0.1) is 0 Å². The predicted molar refractivity (Wildman–Crippen MR) is 189 cm³/mol. The Morgan fingerprint density at radius 3 is 1.61 bits per heavy atom. The van der Waals surface area contributed by atoms with E-state index in [1.165, 1.54) is 116 Å². The molecule has 3 atom stereocenters. The van der Waals surface area contributed by atoms with Crippen LogP contribution in [-0.4, -0.2) is 61.5 Å². The quantitative estimate of drug-likeness (QED) is 0.0645. The molecular formula is C39H76N2O3. The number of rotatable bonds is 28. The van der Waals surface area contributed by atoms with Crippen LogP contribution in [0.5, 0.6) is 0 Å². The van der Waals surface area contributed by atoms with Crippen molar-refractivity contribution in [3.05, 3.63) is 0 Å². The summed E-state index contributed by atoms with van der Waals surface area (Å²) in [5.41, 5.74) is 0. The van der Waals surface area contributed by atoms with Crippen molar-refractivity contribution >= 4 is 11.9 Å². The molecular weight excluding hydrogens is 544 g/mol. The van der Waals surface area contributed by atoms with Gasteiger partial charge in [0.15, 0.2) is 0 Å². The highest BCUT2D eigenvalue weighted by Gasteiger charge is 2.33. The lowest BCUT2D eigenvalue weighted by atomic mass is 9.75. The van der Waals surface area contributed by atoms with Crippen molar-refractivity contribution in [1.82, 2.24) is 9.80 Å². The number of ether oxygens (including phenoxy) is 1. The SMILES string of the molecule is CCCCCCCCCCCCCCCCCCCCCC(=O)N(CCCN(C)C)CC(=O)O[C@H]1C[C@@H](C)CC[C@@H]1C(C)C. The fourth-order valence-electron chi connectivity index (χ4n) is 6.99. The van der Waals surface area contributed by atoms with Crippen LogP contribution < -0.4 is 0 Å². The summed E-state index contributed by atoms with van der Waals surface area (Å²) in [6, 6.07) is 0. The second-order valence-electron chi connectivity index (χ2n) is 14.9. The molecule has 1 rings (SSSR count). The third-order valence-corrected chi connectivity index (χ3v) is 9.94. The van der Waals surface area contributed by atoms with E-state index in [9.17, 15) is 9.59 Å². The average molecular weight is 621 g/mol. The van der Waals surface area contributed by atoms with Crippen LogP contribution in [0.25, 0.3) is 0 Å². The van der Waals surface area contributed by atoms with Crippen LogP contribution in [0.1, 0.15) is 182 Å². The van der Waals surface area contributed by atoms with Crippen LogP contribution in [0.15, 0.2) is 0 Å². The minimum atomic E-state index is -0.221. The zero-order chi connectivity index (χ0) is 32.4.